The molecule has 1 N–H and O–H groups in total. The highest BCUT2D eigenvalue weighted by Crippen LogP contribution is 2.20. The van der Waals surface area contributed by atoms with Gasteiger partial charge in [0.05, 0.1) is 0 Å². The van der Waals surface area contributed by atoms with Crippen LogP contribution in [0.15, 0.2) is 18.2 Å². The topological polar surface area (TPSA) is 41.6 Å². The molecule has 1 atom stereocenters. The molecule has 1 aromatic carbocycles. The maximum Gasteiger partial charge on any atom is 0.410 e. The standard InChI is InChI=1S/C17H26N2O2/c1-12-6-7-14(10-13(12)2)18-15-8-9-19(11-15)16(20)21-17(3,4)5/h6-7,10,15,18H,8-9,11H2,1-5H3. The minimum absolute atomic E-state index is 0.216. The molecule has 0 aliphatic carbocycles. The molecule has 4 nitrogen and oxygen atoms in total. The van der Waals surface area contributed by atoms with Crippen molar-refractivity contribution in [3.8, 4) is 0 Å². The lowest BCUT2D eigenvalue weighted by Crippen LogP contribution is -2.36. The van der Waals surface area contributed by atoms with Crippen LogP contribution in [0.1, 0.15) is 38.3 Å². The van der Waals surface area contributed by atoms with Crippen LogP contribution in [-0.2, 0) is 4.74 Å². The summed E-state index contributed by atoms with van der Waals surface area (Å²) in [5.74, 6) is 0. The largest absolute Gasteiger partial charge is 0.444 e. The lowest BCUT2D eigenvalue weighted by molar-refractivity contribution is 0.0293. The quantitative estimate of drug-likeness (QED) is 0.902. The molecule has 1 aliphatic rings. The van der Waals surface area contributed by atoms with Crippen molar-refractivity contribution < 1.29 is 9.53 Å². The molecule has 0 spiro atoms. The van der Waals surface area contributed by atoms with Gasteiger partial charge in [-0.05, 0) is 64.3 Å². The molecule has 1 aliphatic heterocycles. The fraction of sp³-hybridized carbons (Fsp3) is 0.588. The second-order valence-electron chi connectivity index (χ2n) is 6.86. The predicted molar refractivity (Wildman–Crippen MR) is 85.8 cm³/mol. The van der Waals surface area contributed by atoms with E-state index in [0.717, 1.165) is 18.7 Å². The normalized spacial score (nSPS) is 18.7. The minimum Gasteiger partial charge on any atom is -0.444 e. The van der Waals surface area contributed by atoms with Crippen molar-refractivity contribution in [2.24, 2.45) is 0 Å². The molecular formula is C17H26N2O2. The highest BCUT2D eigenvalue weighted by atomic mass is 16.6. The lowest BCUT2D eigenvalue weighted by atomic mass is 10.1. The van der Waals surface area contributed by atoms with Gasteiger partial charge in [0, 0.05) is 24.8 Å². The summed E-state index contributed by atoms with van der Waals surface area (Å²) in [5, 5.41) is 3.51. The molecule has 0 radical (unpaired) electrons. The molecule has 1 fully saturated rings. The molecule has 2 rings (SSSR count). The number of rotatable bonds is 2. The van der Waals surface area contributed by atoms with E-state index in [4.69, 9.17) is 4.74 Å². The lowest BCUT2D eigenvalue weighted by Gasteiger charge is -2.24. The summed E-state index contributed by atoms with van der Waals surface area (Å²) in [7, 11) is 0. The van der Waals surface area contributed by atoms with E-state index in [1.807, 2.05) is 20.8 Å². The summed E-state index contributed by atoms with van der Waals surface area (Å²) in [6.07, 6.45) is 0.735. The second kappa shape index (κ2) is 5.96. The van der Waals surface area contributed by atoms with E-state index < -0.39 is 5.60 Å². The van der Waals surface area contributed by atoms with Crippen LogP contribution in [0, 0.1) is 13.8 Å². The monoisotopic (exact) mass is 290 g/mol. The Kier molecular flexibility index (Phi) is 4.45. The number of nitrogens with zero attached hydrogens (tertiary/aromatic N) is 1. The highest BCUT2D eigenvalue weighted by molar-refractivity contribution is 5.68. The first-order valence-corrected chi connectivity index (χ1v) is 7.56. The van der Waals surface area contributed by atoms with E-state index >= 15 is 0 Å². The Bertz CT molecular complexity index is 520. The number of benzene rings is 1. The molecule has 1 saturated heterocycles. The summed E-state index contributed by atoms with van der Waals surface area (Å²) in [6, 6.07) is 6.67. The van der Waals surface area contributed by atoms with E-state index in [9.17, 15) is 4.79 Å². The van der Waals surface area contributed by atoms with E-state index in [2.05, 4.69) is 37.4 Å². The minimum atomic E-state index is -0.434. The number of carbonyl (C=O) groups excluding carboxylic acids is 1. The van der Waals surface area contributed by atoms with E-state index in [1.165, 1.54) is 11.1 Å². The molecule has 0 bridgehead atoms. The maximum absolute atomic E-state index is 12.0. The van der Waals surface area contributed by atoms with Gasteiger partial charge in [0.1, 0.15) is 5.60 Å². The molecular weight excluding hydrogens is 264 g/mol. The molecule has 0 saturated carbocycles. The van der Waals surface area contributed by atoms with Crippen molar-refractivity contribution in [1.82, 2.24) is 4.90 Å². The molecule has 1 heterocycles. The van der Waals surface area contributed by atoms with Crippen molar-refractivity contribution in [1.29, 1.82) is 0 Å². The number of nitrogens with one attached hydrogen (secondary N) is 1. The first kappa shape index (κ1) is 15.7. The number of aryl methyl sites for hydroxylation is 2. The Hall–Kier alpha value is -1.71. The van der Waals surface area contributed by atoms with Crippen LogP contribution in [0.25, 0.3) is 0 Å². The highest BCUT2D eigenvalue weighted by Gasteiger charge is 2.29. The summed E-state index contributed by atoms with van der Waals surface area (Å²) < 4.78 is 5.41. The maximum atomic E-state index is 12.0. The average Bonchev–Trinajstić information content (AvgIpc) is 2.80. The fourth-order valence-electron chi connectivity index (χ4n) is 2.44. The van der Waals surface area contributed by atoms with Gasteiger partial charge in [-0.25, -0.2) is 4.79 Å². The SMILES string of the molecule is Cc1ccc(NC2CCN(C(=O)OC(C)(C)C)C2)cc1C. The zero-order valence-electron chi connectivity index (χ0n) is 13.7. The molecule has 0 aromatic heterocycles. The van der Waals surface area contributed by atoms with E-state index in [-0.39, 0.29) is 6.09 Å². The van der Waals surface area contributed by atoms with Crippen LogP contribution in [0.2, 0.25) is 0 Å². The Morgan fingerprint density at radius 1 is 1.29 bits per heavy atom. The number of amides is 1. The van der Waals surface area contributed by atoms with Gasteiger partial charge < -0.3 is 15.0 Å². The van der Waals surface area contributed by atoms with Gasteiger partial charge in [-0.2, -0.15) is 0 Å². The Balaban J connectivity index is 1.90. The molecule has 1 amide bonds. The average molecular weight is 290 g/mol. The summed E-state index contributed by atoms with van der Waals surface area (Å²) in [4.78, 5) is 13.8. The zero-order valence-corrected chi connectivity index (χ0v) is 13.7. The van der Waals surface area contributed by atoms with Crippen LogP contribution in [0.5, 0.6) is 0 Å². The number of carbonyl (C=O) groups is 1. The van der Waals surface area contributed by atoms with Crippen LogP contribution >= 0.6 is 0 Å². The van der Waals surface area contributed by atoms with Crippen molar-refractivity contribution in [2.75, 3.05) is 18.4 Å². The van der Waals surface area contributed by atoms with Crippen molar-refractivity contribution in [3.05, 3.63) is 29.3 Å². The van der Waals surface area contributed by atoms with Gasteiger partial charge >= 0.3 is 6.09 Å². The summed E-state index contributed by atoms with van der Waals surface area (Å²) >= 11 is 0. The van der Waals surface area contributed by atoms with Crippen LogP contribution in [0.4, 0.5) is 10.5 Å². The van der Waals surface area contributed by atoms with Gasteiger partial charge in [0.2, 0.25) is 0 Å². The van der Waals surface area contributed by atoms with Gasteiger partial charge in [-0.15, -0.1) is 0 Å². The molecule has 4 heteroatoms. The Morgan fingerprint density at radius 2 is 2.00 bits per heavy atom. The smallest absolute Gasteiger partial charge is 0.410 e. The third-order valence-electron chi connectivity index (χ3n) is 3.72. The number of hydrogen-bond donors (Lipinski definition) is 1. The first-order valence-electron chi connectivity index (χ1n) is 7.56. The zero-order chi connectivity index (χ0) is 15.6. The summed E-state index contributed by atoms with van der Waals surface area (Å²) in [6.45, 7) is 11.4. The molecule has 1 unspecified atom stereocenters. The number of ether oxygens (including phenoxy) is 1. The third-order valence-corrected chi connectivity index (χ3v) is 3.72. The number of anilines is 1. The molecule has 1 aromatic rings. The Labute approximate surface area is 127 Å². The molecule has 116 valence electrons. The van der Waals surface area contributed by atoms with Crippen LogP contribution in [-0.4, -0.2) is 35.7 Å². The van der Waals surface area contributed by atoms with Crippen molar-refractivity contribution in [2.45, 2.75) is 52.7 Å². The number of hydrogen-bond acceptors (Lipinski definition) is 3. The van der Waals surface area contributed by atoms with E-state index in [1.54, 1.807) is 4.90 Å². The van der Waals surface area contributed by atoms with Crippen LogP contribution in [0.3, 0.4) is 0 Å². The summed E-state index contributed by atoms with van der Waals surface area (Å²) in [5.41, 5.74) is 3.26. The van der Waals surface area contributed by atoms with Gasteiger partial charge in [0.25, 0.3) is 0 Å². The van der Waals surface area contributed by atoms with Crippen molar-refractivity contribution in [3.63, 3.8) is 0 Å². The van der Waals surface area contributed by atoms with E-state index in [0.29, 0.717) is 12.6 Å². The predicted octanol–water partition coefficient (Wildman–Crippen LogP) is 3.72. The Morgan fingerprint density at radius 3 is 2.62 bits per heavy atom. The van der Waals surface area contributed by atoms with Crippen molar-refractivity contribution >= 4 is 11.8 Å². The third kappa shape index (κ3) is 4.38. The second-order valence-corrected chi connectivity index (χ2v) is 6.86. The molecule has 21 heavy (non-hydrogen) atoms. The van der Waals surface area contributed by atoms with Gasteiger partial charge in [-0.3, -0.25) is 0 Å². The van der Waals surface area contributed by atoms with Gasteiger partial charge in [-0.1, -0.05) is 6.07 Å². The van der Waals surface area contributed by atoms with Crippen LogP contribution < -0.4 is 5.32 Å². The fourth-order valence-corrected chi connectivity index (χ4v) is 2.44. The number of likely N-dealkylation sites (tertiary alicyclic amines) is 1. The van der Waals surface area contributed by atoms with Gasteiger partial charge in [0.15, 0.2) is 0 Å². The first-order chi connectivity index (χ1) is 9.74.